The molecular weight excluding hydrogens is 444 g/mol. The lowest BCUT2D eigenvalue weighted by molar-refractivity contribution is -0.122. The third-order valence-corrected chi connectivity index (χ3v) is 9.15. The standard InChI is InChI=1S/C30H60N6/c1-25(2)13-22(14-26(3,4)31-25)34-19-35(23-15-27(5,6)32-28(7,8)16-23)21-36(20-34)24-17-29(9,10)33-30(11,12)18-24/h22-24,31-33H,13-21H2,1-12H3. The Hall–Kier alpha value is -0.240. The summed E-state index contributed by atoms with van der Waals surface area (Å²) in [7, 11) is 0. The first kappa shape index (κ1) is 28.8. The van der Waals surface area contributed by atoms with Crippen LogP contribution in [-0.2, 0) is 0 Å². The van der Waals surface area contributed by atoms with Crippen LogP contribution in [0, 0.1) is 0 Å². The number of nitrogens with one attached hydrogen (secondary N) is 3. The Bertz CT molecular complexity index is 639. The Morgan fingerprint density at radius 1 is 0.361 bits per heavy atom. The predicted molar refractivity (Wildman–Crippen MR) is 153 cm³/mol. The van der Waals surface area contributed by atoms with Crippen molar-refractivity contribution in [1.82, 2.24) is 30.7 Å². The molecule has 0 aromatic rings. The van der Waals surface area contributed by atoms with Crippen molar-refractivity contribution in [2.45, 2.75) is 173 Å². The first-order valence-electron chi connectivity index (χ1n) is 14.7. The highest BCUT2D eigenvalue weighted by atomic mass is 15.5. The van der Waals surface area contributed by atoms with Gasteiger partial charge >= 0.3 is 0 Å². The van der Waals surface area contributed by atoms with Gasteiger partial charge in [0.1, 0.15) is 0 Å². The van der Waals surface area contributed by atoms with E-state index in [2.05, 4.69) is 114 Å². The van der Waals surface area contributed by atoms with E-state index in [0.717, 1.165) is 20.0 Å². The summed E-state index contributed by atoms with van der Waals surface area (Å²) < 4.78 is 0. The van der Waals surface area contributed by atoms with E-state index in [9.17, 15) is 0 Å². The molecule has 6 nitrogen and oxygen atoms in total. The van der Waals surface area contributed by atoms with Gasteiger partial charge in [0.05, 0.1) is 20.0 Å². The van der Waals surface area contributed by atoms with E-state index in [1.807, 2.05) is 0 Å². The molecule has 0 aromatic heterocycles. The van der Waals surface area contributed by atoms with Crippen molar-refractivity contribution in [2.75, 3.05) is 20.0 Å². The van der Waals surface area contributed by atoms with E-state index in [0.29, 0.717) is 18.1 Å². The smallest absolute Gasteiger partial charge is 0.0535 e. The van der Waals surface area contributed by atoms with E-state index in [1.165, 1.54) is 38.5 Å². The van der Waals surface area contributed by atoms with Crippen molar-refractivity contribution < 1.29 is 0 Å². The largest absolute Gasteiger partial charge is 0.307 e. The van der Waals surface area contributed by atoms with Crippen molar-refractivity contribution in [3.63, 3.8) is 0 Å². The normalized spacial score (nSPS) is 34.0. The van der Waals surface area contributed by atoms with E-state index in [-0.39, 0.29) is 33.2 Å². The van der Waals surface area contributed by atoms with Gasteiger partial charge in [-0.2, -0.15) is 0 Å². The summed E-state index contributed by atoms with van der Waals surface area (Å²) in [5, 5.41) is 11.8. The van der Waals surface area contributed by atoms with Gasteiger partial charge in [0.2, 0.25) is 0 Å². The van der Waals surface area contributed by atoms with Gasteiger partial charge in [-0.05, 0) is 122 Å². The van der Waals surface area contributed by atoms with Crippen LogP contribution in [-0.4, -0.2) is 86.1 Å². The van der Waals surface area contributed by atoms with Gasteiger partial charge in [0.25, 0.3) is 0 Å². The summed E-state index contributed by atoms with van der Waals surface area (Å²) in [6.07, 6.45) is 7.28. The zero-order valence-electron chi connectivity index (χ0n) is 25.9. The van der Waals surface area contributed by atoms with Gasteiger partial charge in [0, 0.05) is 51.4 Å². The van der Waals surface area contributed by atoms with E-state index >= 15 is 0 Å². The summed E-state index contributed by atoms with van der Waals surface area (Å²) in [6.45, 7) is 32.1. The Morgan fingerprint density at radius 2 is 0.528 bits per heavy atom. The summed E-state index contributed by atoms with van der Waals surface area (Å²) in [6, 6.07) is 1.81. The molecule has 0 bridgehead atoms. The van der Waals surface area contributed by atoms with Crippen LogP contribution in [0.3, 0.4) is 0 Å². The lowest BCUT2D eigenvalue weighted by Gasteiger charge is -2.58. The minimum atomic E-state index is 0.164. The molecule has 36 heavy (non-hydrogen) atoms. The molecule has 0 aliphatic carbocycles. The molecule has 0 aromatic carbocycles. The Labute approximate surface area is 223 Å². The minimum Gasteiger partial charge on any atom is -0.307 e. The second-order valence-corrected chi connectivity index (χ2v) is 17.1. The molecule has 0 spiro atoms. The predicted octanol–water partition coefficient (Wildman–Crippen LogP) is 4.71. The Balaban J connectivity index is 1.62. The first-order chi connectivity index (χ1) is 16.1. The van der Waals surface area contributed by atoms with Gasteiger partial charge in [-0.25, -0.2) is 0 Å². The minimum absolute atomic E-state index is 0.164. The molecule has 3 N–H and O–H groups in total. The topological polar surface area (TPSA) is 45.8 Å². The van der Waals surface area contributed by atoms with E-state index in [4.69, 9.17) is 0 Å². The maximum absolute atomic E-state index is 3.92. The molecular formula is C30H60N6. The van der Waals surface area contributed by atoms with Crippen molar-refractivity contribution in [3.05, 3.63) is 0 Å². The van der Waals surface area contributed by atoms with Gasteiger partial charge < -0.3 is 16.0 Å². The Morgan fingerprint density at radius 3 is 0.694 bits per heavy atom. The number of piperidine rings is 3. The van der Waals surface area contributed by atoms with Gasteiger partial charge in [-0.1, -0.05) is 0 Å². The maximum atomic E-state index is 3.92. The van der Waals surface area contributed by atoms with Crippen LogP contribution in [0.1, 0.15) is 122 Å². The zero-order valence-corrected chi connectivity index (χ0v) is 25.9. The fourth-order valence-electron chi connectivity index (χ4n) is 9.11. The van der Waals surface area contributed by atoms with Crippen LogP contribution >= 0.6 is 0 Å². The molecule has 0 amide bonds. The summed E-state index contributed by atoms with van der Waals surface area (Å²) >= 11 is 0. The second-order valence-electron chi connectivity index (χ2n) is 17.1. The highest BCUT2D eigenvalue weighted by molar-refractivity contribution is 5.05. The Kier molecular flexibility index (Phi) is 7.32. The molecule has 4 rings (SSSR count). The molecule has 0 atom stereocenters. The fraction of sp³-hybridized carbons (Fsp3) is 1.00. The SMILES string of the molecule is CC1(C)CC(N2CN(C3CC(C)(C)NC(C)(C)C3)CN(C3CC(C)(C)NC(C)(C)C3)C2)CC(C)(C)N1. The molecule has 0 radical (unpaired) electrons. The van der Waals surface area contributed by atoms with Crippen molar-refractivity contribution in [2.24, 2.45) is 0 Å². The summed E-state index contributed by atoms with van der Waals surface area (Å²) in [5.74, 6) is 0. The summed E-state index contributed by atoms with van der Waals surface area (Å²) in [4.78, 5) is 8.58. The van der Waals surface area contributed by atoms with E-state index in [1.54, 1.807) is 0 Å². The summed E-state index contributed by atoms with van der Waals surface area (Å²) in [5.41, 5.74) is 0.982. The molecule has 210 valence electrons. The lowest BCUT2D eigenvalue weighted by atomic mass is 9.77. The quantitative estimate of drug-likeness (QED) is 0.518. The van der Waals surface area contributed by atoms with Crippen molar-refractivity contribution in [3.8, 4) is 0 Å². The molecule has 6 heteroatoms. The number of rotatable bonds is 3. The highest BCUT2D eigenvalue weighted by Gasteiger charge is 2.47. The third kappa shape index (κ3) is 7.04. The average Bonchev–Trinajstić information content (AvgIpc) is 2.60. The average molecular weight is 505 g/mol. The lowest BCUT2D eigenvalue weighted by Crippen LogP contribution is -2.71. The van der Waals surface area contributed by atoms with Crippen LogP contribution in [0.15, 0.2) is 0 Å². The number of hydrogen-bond acceptors (Lipinski definition) is 6. The third-order valence-electron chi connectivity index (χ3n) is 9.15. The van der Waals surface area contributed by atoms with Gasteiger partial charge in [0.15, 0.2) is 0 Å². The first-order valence-corrected chi connectivity index (χ1v) is 14.7. The highest BCUT2D eigenvalue weighted by Crippen LogP contribution is 2.38. The van der Waals surface area contributed by atoms with Crippen molar-refractivity contribution in [1.29, 1.82) is 0 Å². The van der Waals surface area contributed by atoms with Crippen LogP contribution < -0.4 is 16.0 Å². The van der Waals surface area contributed by atoms with Crippen LogP contribution in [0.25, 0.3) is 0 Å². The maximum Gasteiger partial charge on any atom is 0.0535 e. The molecule has 4 heterocycles. The zero-order chi connectivity index (χ0) is 26.9. The van der Waals surface area contributed by atoms with Crippen LogP contribution in [0.2, 0.25) is 0 Å². The van der Waals surface area contributed by atoms with Gasteiger partial charge in [-0.3, -0.25) is 14.7 Å². The molecule has 4 fully saturated rings. The second kappa shape index (κ2) is 9.16. The number of nitrogens with zero attached hydrogens (tertiary/aromatic N) is 3. The van der Waals surface area contributed by atoms with Crippen molar-refractivity contribution >= 4 is 0 Å². The molecule has 0 unspecified atom stereocenters. The van der Waals surface area contributed by atoms with Gasteiger partial charge in [-0.15, -0.1) is 0 Å². The monoisotopic (exact) mass is 504 g/mol. The number of hydrogen-bond donors (Lipinski definition) is 3. The van der Waals surface area contributed by atoms with Crippen LogP contribution in [0.5, 0.6) is 0 Å². The van der Waals surface area contributed by atoms with Crippen LogP contribution in [0.4, 0.5) is 0 Å². The molecule has 0 saturated carbocycles. The fourth-order valence-corrected chi connectivity index (χ4v) is 9.11. The molecule has 4 saturated heterocycles. The molecule has 4 aliphatic rings. The molecule has 4 aliphatic heterocycles. The van der Waals surface area contributed by atoms with E-state index < -0.39 is 0 Å².